The molecule has 1 unspecified atom stereocenters. The van der Waals surface area contributed by atoms with Crippen LogP contribution in [0.2, 0.25) is 0 Å². The van der Waals surface area contributed by atoms with Crippen molar-refractivity contribution < 1.29 is 19.1 Å². The fourth-order valence-corrected chi connectivity index (χ4v) is 5.49. The number of nitrogens with one attached hydrogen (secondary N) is 2. The number of anilines is 4. The van der Waals surface area contributed by atoms with E-state index in [4.69, 9.17) is 9.72 Å². The van der Waals surface area contributed by atoms with E-state index in [0.717, 1.165) is 42.7 Å². The first-order chi connectivity index (χ1) is 24.5. The minimum atomic E-state index is -0.642. The van der Waals surface area contributed by atoms with Gasteiger partial charge in [0.2, 0.25) is 11.9 Å². The van der Waals surface area contributed by atoms with E-state index in [9.17, 15) is 14.4 Å². The maximum absolute atomic E-state index is 14.0. The highest BCUT2D eigenvalue weighted by atomic mass is 16.6. The molecular weight excluding hydrogens is 642 g/mol. The van der Waals surface area contributed by atoms with E-state index in [1.807, 2.05) is 71.1 Å². The van der Waals surface area contributed by atoms with Crippen LogP contribution in [0.25, 0.3) is 0 Å². The topological polar surface area (TPSA) is 120 Å². The molecule has 0 aliphatic carbocycles. The molecule has 1 atom stereocenters. The van der Waals surface area contributed by atoms with Crippen molar-refractivity contribution in [2.45, 2.75) is 66.8 Å². The molecule has 0 bridgehead atoms. The zero-order valence-electron chi connectivity index (χ0n) is 30.9. The smallest absolute Gasteiger partial charge is 0.409 e. The Labute approximate surface area is 302 Å². The van der Waals surface area contributed by atoms with Crippen molar-refractivity contribution in [1.29, 1.82) is 0 Å². The summed E-state index contributed by atoms with van der Waals surface area (Å²) in [5.74, 6) is 0.949. The van der Waals surface area contributed by atoms with Gasteiger partial charge in [0.15, 0.2) is 0 Å². The summed E-state index contributed by atoms with van der Waals surface area (Å²) in [5, 5.41) is 6.20. The molecule has 0 radical (unpaired) electrons. The fourth-order valence-electron chi connectivity index (χ4n) is 5.49. The molecule has 0 fully saturated rings. The molecule has 51 heavy (non-hydrogen) atoms. The summed E-state index contributed by atoms with van der Waals surface area (Å²) in [6.45, 7) is 15.4. The average molecular weight is 694 g/mol. The number of rotatable bonds is 16. The average Bonchev–Trinajstić information content (AvgIpc) is 3.13. The van der Waals surface area contributed by atoms with Crippen molar-refractivity contribution in [3.05, 3.63) is 101 Å². The number of carbonyl (C=O) groups is 3. The Hall–Kier alpha value is -5.29. The summed E-state index contributed by atoms with van der Waals surface area (Å²) in [5.41, 5.74) is 4.32. The fraction of sp³-hybridized carbons (Fsp3) is 0.375. The van der Waals surface area contributed by atoms with Crippen molar-refractivity contribution in [3.63, 3.8) is 0 Å². The number of aromatic nitrogens is 2. The van der Waals surface area contributed by atoms with Gasteiger partial charge in [-0.3, -0.25) is 9.59 Å². The quantitative estimate of drug-likeness (QED) is 0.124. The van der Waals surface area contributed by atoms with Gasteiger partial charge in [0.1, 0.15) is 11.6 Å². The summed E-state index contributed by atoms with van der Waals surface area (Å²) in [4.78, 5) is 54.1. The zero-order chi connectivity index (χ0) is 36.9. The molecule has 270 valence electrons. The molecule has 4 rings (SSSR count). The van der Waals surface area contributed by atoms with Crippen LogP contribution >= 0.6 is 0 Å². The van der Waals surface area contributed by atoms with Crippen molar-refractivity contribution in [2.24, 2.45) is 0 Å². The van der Waals surface area contributed by atoms with Gasteiger partial charge in [0, 0.05) is 56.1 Å². The van der Waals surface area contributed by atoms with Crippen molar-refractivity contribution in [3.8, 4) is 5.75 Å². The highest BCUT2D eigenvalue weighted by Gasteiger charge is 2.24. The lowest BCUT2D eigenvalue weighted by molar-refractivity contribution is -0.121. The van der Waals surface area contributed by atoms with E-state index in [-0.39, 0.29) is 29.6 Å². The van der Waals surface area contributed by atoms with E-state index in [0.29, 0.717) is 42.1 Å². The Bertz CT molecular complexity index is 1750. The van der Waals surface area contributed by atoms with Crippen LogP contribution in [0.15, 0.2) is 79.0 Å². The normalized spacial score (nSPS) is 11.5. The Morgan fingerprint density at radius 2 is 1.57 bits per heavy atom. The van der Waals surface area contributed by atoms with Gasteiger partial charge in [-0.15, -0.1) is 0 Å². The molecule has 4 aromatic rings. The number of aryl methyl sites for hydroxylation is 3. The van der Waals surface area contributed by atoms with Crippen LogP contribution in [-0.2, 0) is 11.2 Å². The molecule has 3 aromatic carbocycles. The van der Waals surface area contributed by atoms with Gasteiger partial charge < -0.3 is 25.2 Å². The van der Waals surface area contributed by atoms with Gasteiger partial charge in [-0.25, -0.2) is 14.7 Å². The largest absolute Gasteiger partial charge is 0.425 e. The number of hydrogen-bond acceptors (Lipinski definition) is 8. The molecule has 0 saturated carbocycles. The summed E-state index contributed by atoms with van der Waals surface area (Å²) < 4.78 is 6.00. The summed E-state index contributed by atoms with van der Waals surface area (Å²) in [6, 6.07) is 22.0. The van der Waals surface area contributed by atoms with Crippen LogP contribution in [0.3, 0.4) is 0 Å². The minimum Gasteiger partial charge on any atom is -0.409 e. The van der Waals surface area contributed by atoms with E-state index in [1.54, 1.807) is 47.5 Å². The number of para-hydroxylation sites is 1. The maximum atomic E-state index is 14.0. The van der Waals surface area contributed by atoms with Crippen LogP contribution in [0.1, 0.15) is 67.6 Å². The molecule has 0 aliphatic rings. The summed E-state index contributed by atoms with van der Waals surface area (Å²) in [7, 11) is 1.81. The van der Waals surface area contributed by atoms with Gasteiger partial charge in [-0.2, -0.15) is 4.98 Å². The lowest BCUT2D eigenvalue weighted by Crippen LogP contribution is -2.36. The second-order valence-corrected chi connectivity index (χ2v) is 12.7. The Morgan fingerprint density at radius 1 is 0.882 bits per heavy atom. The van der Waals surface area contributed by atoms with E-state index >= 15 is 0 Å². The molecule has 0 spiro atoms. The molecule has 1 aromatic heterocycles. The van der Waals surface area contributed by atoms with Crippen molar-refractivity contribution >= 4 is 41.0 Å². The van der Waals surface area contributed by atoms with Gasteiger partial charge in [-0.05, 0) is 99.8 Å². The predicted octanol–water partition coefficient (Wildman–Crippen LogP) is 7.44. The minimum absolute atomic E-state index is 0.0210. The van der Waals surface area contributed by atoms with Crippen LogP contribution in [0.5, 0.6) is 5.75 Å². The van der Waals surface area contributed by atoms with E-state index in [2.05, 4.69) is 34.4 Å². The SMILES string of the molecule is CCC(C)NC(=O)CCc1cccc(N(C(=O)Oc2c(C)cccc2C)c2ccnc(Nc3ccc(C(=O)N(C)CCN(CC)CC)cc3)n2)c1. The predicted molar refractivity (Wildman–Crippen MR) is 203 cm³/mol. The lowest BCUT2D eigenvalue weighted by Gasteiger charge is -2.23. The third kappa shape index (κ3) is 10.8. The van der Waals surface area contributed by atoms with Crippen LogP contribution in [0, 0.1) is 13.8 Å². The molecule has 0 saturated heterocycles. The van der Waals surface area contributed by atoms with Crippen LogP contribution in [-0.4, -0.2) is 76.9 Å². The van der Waals surface area contributed by atoms with Gasteiger partial charge in [0.05, 0.1) is 5.69 Å². The number of carbonyl (C=O) groups excluding carboxylic acids is 3. The highest BCUT2D eigenvalue weighted by molar-refractivity contribution is 5.97. The third-order valence-electron chi connectivity index (χ3n) is 8.86. The van der Waals surface area contributed by atoms with E-state index in [1.165, 1.54) is 4.90 Å². The molecule has 1 heterocycles. The number of nitrogens with zero attached hydrogens (tertiary/aromatic N) is 5. The Kier molecular flexibility index (Phi) is 14.1. The second-order valence-electron chi connectivity index (χ2n) is 12.7. The molecule has 11 heteroatoms. The Balaban J connectivity index is 1.57. The first-order valence-electron chi connectivity index (χ1n) is 17.7. The highest BCUT2D eigenvalue weighted by Crippen LogP contribution is 2.30. The number of hydrogen-bond donors (Lipinski definition) is 2. The van der Waals surface area contributed by atoms with E-state index < -0.39 is 6.09 Å². The third-order valence-corrected chi connectivity index (χ3v) is 8.86. The van der Waals surface area contributed by atoms with Crippen molar-refractivity contribution in [2.75, 3.05) is 43.4 Å². The molecular formula is C40H51N7O4. The molecule has 11 nitrogen and oxygen atoms in total. The first kappa shape index (κ1) is 38.5. The Morgan fingerprint density at radius 3 is 2.24 bits per heavy atom. The van der Waals surface area contributed by atoms with Crippen molar-refractivity contribution in [1.82, 2.24) is 25.1 Å². The second kappa shape index (κ2) is 18.6. The number of likely N-dealkylation sites (N-methyl/N-ethyl adjacent to an activating group) is 2. The van der Waals surface area contributed by atoms with Gasteiger partial charge in [-0.1, -0.05) is 51.1 Å². The summed E-state index contributed by atoms with van der Waals surface area (Å²) >= 11 is 0. The lowest BCUT2D eigenvalue weighted by atomic mass is 10.1. The number of ether oxygens (including phenoxy) is 1. The number of benzene rings is 3. The van der Waals surface area contributed by atoms with Gasteiger partial charge in [0.25, 0.3) is 5.91 Å². The van der Waals surface area contributed by atoms with Crippen LogP contribution < -0.4 is 20.3 Å². The molecule has 2 N–H and O–H groups in total. The molecule has 3 amide bonds. The summed E-state index contributed by atoms with van der Waals surface area (Å²) in [6.07, 6.45) is 2.59. The number of amides is 3. The molecule has 0 aliphatic heterocycles. The van der Waals surface area contributed by atoms with Gasteiger partial charge >= 0.3 is 6.09 Å². The monoisotopic (exact) mass is 693 g/mol. The zero-order valence-corrected chi connectivity index (χ0v) is 30.9. The standard InChI is InChI=1S/C40H51N7O4/c1-8-30(6)42-36(48)22-17-31-15-12-16-34(27-31)47(40(50)51-37-28(4)13-11-14-29(37)5)35-23-24-41-39(44-35)43-33-20-18-32(19-21-33)38(49)45(7)25-26-46(9-2)10-3/h11-16,18-21,23-24,27,30H,8-10,17,22,25-26H2,1-7H3,(H,42,48)(H,41,43,44). The first-order valence-corrected chi connectivity index (χ1v) is 17.7. The van der Waals surface area contributed by atoms with Crippen LogP contribution in [0.4, 0.5) is 27.9 Å². The maximum Gasteiger partial charge on any atom is 0.425 e.